The van der Waals surface area contributed by atoms with Crippen molar-refractivity contribution in [3.8, 4) is 5.75 Å². The van der Waals surface area contributed by atoms with E-state index in [4.69, 9.17) is 4.74 Å². The molecular weight excluding hydrogens is 376 g/mol. The number of benzene rings is 2. The molecule has 26 heavy (non-hydrogen) atoms. The maximum atomic E-state index is 12.6. The van der Waals surface area contributed by atoms with Crippen molar-refractivity contribution < 1.29 is 21.6 Å². The molecule has 0 saturated carbocycles. The molecule has 0 aromatic heterocycles. The number of aryl methyl sites for hydroxylation is 1. The van der Waals surface area contributed by atoms with Crippen molar-refractivity contribution >= 4 is 25.7 Å². The van der Waals surface area contributed by atoms with E-state index in [2.05, 4.69) is 4.72 Å². The number of anilines is 1. The summed E-state index contributed by atoms with van der Waals surface area (Å²) in [5.41, 5.74) is 1.54. The van der Waals surface area contributed by atoms with Crippen molar-refractivity contribution in [2.24, 2.45) is 0 Å². The quantitative estimate of drug-likeness (QED) is 0.806. The molecule has 2 rings (SSSR count). The summed E-state index contributed by atoms with van der Waals surface area (Å²) in [5, 5.41) is 0. The Morgan fingerprint density at radius 3 is 2.00 bits per heavy atom. The second-order valence-electron chi connectivity index (χ2n) is 5.98. The van der Waals surface area contributed by atoms with Crippen molar-refractivity contribution in [2.75, 3.05) is 25.9 Å². The van der Waals surface area contributed by atoms with Crippen LogP contribution < -0.4 is 9.46 Å². The Hall–Kier alpha value is -2.10. The van der Waals surface area contributed by atoms with Gasteiger partial charge in [-0.25, -0.2) is 21.1 Å². The van der Waals surface area contributed by atoms with Gasteiger partial charge in [0.05, 0.1) is 22.6 Å². The molecule has 0 aliphatic rings. The molecule has 7 nitrogen and oxygen atoms in total. The third-order valence-electron chi connectivity index (χ3n) is 4.03. The molecule has 0 saturated heterocycles. The predicted octanol–water partition coefficient (Wildman–Crippen LogP) is 2.36. The van der Waals surface area contributed by atoms with Crippen LogP contribution in [-0.2, 0) is 20.0 Å². The van der Waals surface area contributed by atoms with Crippen molar-refractivity contribution in [1.82, 2.24) is 4.31 Å². The minimum atomic E-state index is -3.87. The van der Waals surface area contributed by atoms with Crippen LogP contribution in [0.2, 0.25) is 0 Å². The van der Waals surface area contributed by atoms with Crippen LogP contribution in [0.3, 0.4) is 0 Å². The topological polar surface area (TPSA) is 92.8 Å². The molecule has 0 amide bonds. The molecule has 142 valence electrons. The minimum absolute atomic E-state index is 0.0260. The minimum Gasteiger partial charge on any atom is -0.497 e. The van der Waals surface area contributed by atoms with Gasteiger partial charge < -0.3 is 4.74 Å². The molecule has 2 aromatic carbocycles. The van der Waals surface area contributed by atoms with Gasteiger partial charge in [0, 0.05) is 14.1 Å². The molecule has 0 aliphatic heterocycles. The molecule has 0 bridgehead atoms. The number of nitrogens with one attached hydrogen (secondary N) is 1. The molecule has 0 fully saturated rings. The van der Waals surface area contributed by atoms with Crippen LogP contribution in [0, 0.1) is 13.8 Å². The molecule has 2 aromatic rings. The molecule has 0 heterocycles. The van der Waals surface area contributed by atoms with Crippen LogP contribution in [-0.4, -0.2) is 42.3 Å². The number of rotatable bonds is 6. The van der Waals surface area contributed by atoms with Crippen molar-refractivity contribution in [3.05, 3.63) is 47.5 Å². The number of nitrogens with zero attached hydrogens (tertiary/aromatic N) is 1. The van der Waals surface area contributed by atoms with E-state index in [1.807, 2.05) is 0 Å². The van der Waals surface area contributed by atoms with Crippen LogP contribution in [0.25, 0.3) is 0 Å². The molecule has 0 unspecified atom stereocenters. The number of hydrogen-bond acceptors (Lipinski definition) is 5. The van der Waals surface area contributed by atoms with Gasteiger partial charge in [-0.05, 0) is 61.4 Å². The third kappa shape index (κ3) is 4.00. The van der Waals surface area contributed by atoms with E-state index >= 15 is 0 Å². The zero-order chi connectivity index (χ0) is 19.7. The first-order chi connectivity index (χ1) is 12.0. The lowest BCUT2D eigenvalue weighted by Gasteiger charge is -2.17. The maximum Gasteiger partial charge on any atom is 0.261 e. The summed E-state index contributed by atoms with van der Waals surface area (Å²) in [5.74, 6) is 0.537. The largest absolute Gasteiger partial charge is 0.497 e. The first kappa shape index (κ1) is 20.2. The Bertz CT molecular complexity index is 1010. The molecular formula is C17H22N2O5S2. The van der Waals surface area contributed by atoms with E-state index in [-0.39, 0.29) is 15.5 Å². The number of hydrogen-bond donors (Lipinski definition) is 1. The Labute approximate surface area is 154 Å². The van der Waals surface area contributed by atoms with Crippen molar-refractivity contribution in [1.29, 1.82) is 0 Å². The zero-order valence-corrected chi connectivity index (χ0v) is 16.9. The smallest absolute Gasteiger partial charge is 0.261 e. The highest BCUT2D eigenvalue weighted by Gasteiger charge is 2.22. The first-order valence-electron chi connectivity index (χ1n) is 7.69. The summed E-state index contributed by atoms with van der Waals surface area (Å²) in [7, 11) is -3.22. The second-order valence-corrected chi connectivity index (χ2v) is 9.82. The van der Waals surface area contributed by atoms with Gasteiger partial charge in [-0.1, -0.05) is 0 Å². The van der Waals surface area contributed by atoms with Crippen LogP contribution >= 0.6 is 0 Å². The van der Waals surface area contributed by atoms with Crippen LogP contribution in [0.4, 0.5) is 5.69 Å². The van der Waals surface area contributed by atoms with Crippen LogP contribution in [0.1, 0.15) is 11.1 Å². The SMILES string of the molecule is COc1ccc(S(=O)(=O)Nc2cc(S(=O)(=O)N(C)C)cc(C)c2C)cc1. The van der Waals surface area contributed by atoms with Gasteiger partial charge in [-0.15, -0.1) is 0 Å². The Morgan fingerprint density at radius 1 is 0.923 bits per heavy atom. The standard InChI is InChI=1S/C17H22N2O5S2/c1-12-10-16(26(22,23)19(3)4)11-17(13(12)2)18-25(20,21)15-8-6-14(24-5)7-9-15/h6-11,18H,1-5H3. The van der Waals surface area contributed by atoms with E-state index in [9.17, 15) is 16.8 Å². The Balaban J connectivity index is 2.49. The Morgan fingerprint density at radius 2 is 1.50 bits per heavy atom. The first-order valence-corrected chi connectivity index (χ1v) is 10.6. The van der Waals surface area contributed by atoms with Gasteiger partial charge in [0.15, 0.2) is 0 Å². The summed E-state index contributed by atoms with van der Waals surface area (Å²) in [6.45, 7) is 3.46. The lowest BCUT2D eigenvalue weighted by molar-refractivity contribution is 0.414. The lowest BCUT2D eigenvalue weighted by Crippen LogP contribution is -2.23. The fraction of sp³-hybridized carbons (Fsp3) is 0.294. The summed E-state index contributed by atoms with van der Waals surface area (Å²) < 4.78 is 58.7. The average molecular weight is 399 g/mol. The number of methoxy groups -OCH3 is 1. The molecule has 0 aliphatic carbocycles. The predicted molar refractivity (Wildman–Crippen MR) is 101 cm³/mol. The van der Waals surface area contributed by atoms with Gasteiger partial charge in [0.2, 0.25) is 10.0 Å². The normalized spacial score (nSPS) is 12.2. The monoisotopic (exact) mass is 398 g/mol. The van der Waals surface area contributed by atoms with E-state index in [1.165, 1.54) is 45.5 Å². The number of ether oxygens (including phenoxy) is 1. The van der Waals surface area contributed by atoms with E-state index < -0.39 is 20.0 Å². The van der Waals surface area contributed by atoms with E-state index in [0.29, 0.717) is 16.9 Å². The van der Waals surface area contributed by atoms with E-state index in [1.54, 1.807) is 26.0 Å². The molecule has 0 spiro atoms. The van der Waals surface area contributed by atoms with Crippen LogP contribution in [0.5, 0.6) is 5.75 Å². The summed E-state index contributed by atoms with van der Waals surface area (Å²) in [6, 6.07) is 8.78. The van der Waals surface area contributed by atoms with Gasteiger partial charge in [-0.2, -0.15) is 0 Å². The van der Waals surface area contributed by atoms with Crippen molar-refractivity contribution in [3.63, 3.8) is 0 Å². The average Bonchev–Trinajstić information content (AvgIpc) is 2.58. The molecule has 0 atom stereocenters. The summed E-state index contributed by atoms with van der Waals surface area (Å²) in [6.07, 6.45) is 0. The third-order valence-corrected chi connectivity index (χ3v) is 7.21. The second kappa shape index (κ2) is 7.26. The zero-order valence-electron chi connectivity index (χ0n) is 15.3. The molecule has 0 radical (unpaired) electrons. The highest BCUT2D eigenvalue weighted by Crippen LogP contribution is 2.28. The fourth-order valence-corrected chi connectivity index (χ4v) is 4.38. The van der Waals surface area contributed by atoms with Gasteiger partial charge >= 0.3 is 0 Å². The fourth-order valence-electron chi connectivity index (χ4n) is 2.25. The highest BCUT2D eigenvalue weighted by atomic mass is 32.2. The summed E-state index contributed by atoms with van der Waals surface area (Å²) >= 11 is 0. The van der Waals surface area contributed by atoms with Gasteiger partial charge in [-0.3, -0.25) is 4.72 Å². The van der Waals surface area contributed by atoms with E-state index in [0.717, 1.165) is 4.31 Å². The highest BCUT2D eigenvalue weighted by molar-refractivity contribution is 7.92. The van der Waals surface area contributed by atoms with Gasteiger partial charge in [0.25, 0.3) is 10.0 Å². The molecule has 1 N–H and O–H groups in total. The van der Waals surface area contributed by atoms with Crippen LogP contribution in [0.15, 0.2) is 46.2 Å². The maximum absolute atomic E-state index is 12.6. The number of sulfonamides is 2. The van der Waals surface area contributed by atoms with Gasteiger partial charge in [0.1, 0.15) is 5.75 Å². The van der Waals surface area contributed by atoms with Crippen molar-refractivity contribution in [2.45, 2.75) is 23.6 Å². The Kier molecular flexibility index (Phi) is 5.64. The summed E-state index contributed by atoms with van der Waals surface area (Å²) in [4.78, 5) is 0.0780. The molecule has 9 heteroatoms. The lowest BCUT2D eigenvalue weighted by atomic mass is 10.1.